The summed E-state index contributed by atoms with van der Waals surface area (Å²) >= 11 is 0. The lowest BCUT2D eigenvalue weighted by molar-refractivity contribution is 0.254. The van der Waals surface area contributed by atoms with E-state index in [4.69, 9.17) is 4.74 Å². The molecule has 1 aliphatic rings. The topological polar surface area (TPSA) is 24.5 Å². The minimum atomic E-state index is 0.787. The highest BCUT2D eigenvalue weighted by Gasteiger charge is 2.12. The molecule has 0 amide bonds. The first-order valence-corrected chi connectivity index (χ1v) is 8.02. The van der Waals surface area contributed by atoms with Gasteiger partial charge in [-0.1, -0.05) is 6.07 Å². The molecule has 1 saturated heterocycles. The summed E-state index contributed by atoms with van der Waals surface area (Å²) in [5.41, 5.74) is 1.26. The van der Waals surface area contributed by atoms with E-state index in [9.17, 15) is 0 Å². The second-order valence-corrected chi connectivity index (χ2v) is 5.52. The number of rotatable bonds is 7. The predicted octanol–water partition coefficient (Wildman–Crippen LogP) is 3.30. The molecule has 0 aliphatic carbocycles. The summed E-state index contributed by atoms with van der Waals surface area (Å²) in [6.07, 6.45) is 3.81. The summed E-state index contributed by atoms with van der Waals surface area (Å²) in [4.78, 5) is 2.35. The first kappa shape index (κ1) is 15.2. The van der Waals surface area contributed by atoms with Crippen molar-refractivity contribution < 1.29 is 4.74 Å². The average molecular weight is 276 g/mol. The summed E-state index contributed by atoms with van der Waals surface area (Å²) in [6.45, 7) is 9.61. The van der Waals surface area contributed by atoms with E-state index >= 15 is 0 Å². The van der Waals surface area contributed by atoms with Crippen molar-refractivity contribution in [1.29, 1.82) is 0 Å². The lowest BCUT2D eigenvalue weighted by Crippen LogP contribution is -2.30. The van der Waals surface area contributed by atoms with Gasteiger partial charge in [0.05, 0.1) is 6.61 Å². The normalized spacial score (nSPS) is 18.8. The molecule has 1 fully saturated rings. The summed E-state index contributed by atoms with van der Waals surface area (Å²) in [5, 5.41) is 3.46. The van der Waals surface area contributed by atoms with Crippen LogP contribution in [0, 0.1) is 5.92 Å². The number of nitrogens with one attached hydrogen (secondary N) is 1. The van der Waals surface area contributed by atoms with E-state index in [1.165, 1.54) is 25.1 Å². The van der Waals surface area contributed by atoms with Crippen molar-refractivity contribution in [3.63, 3.8) is 0 Å². The number of ether oxygens (including phenoxy) is 1. The van der Waals surface area contributed by atoms with Crippen LogP contribution in [0.3, 0.4) is 0 Å². The Morgan fingerprint density at radius 3 is 2.85 bits per heavy atom. The van der Waals surface area contributed by atoms with Gasteiger partial charge in [0.1, 0.15) is 5.75 Å². The Balaban J connectivity index is 1.81. The van der Waals surface area contributed by atoms with Crippen LogP contribution in [0.5, 0.6) is 5.75 Å². The van der Waals surface area contributed by atoms with Crippen LogP contribution in [-0.2, 0) is 0 Å². The highest BCUT2D eigenvalue weighted by molar-refractivity contribution is 5.50. The zero-order valence-corrected chi connectivity index (χ0v) is 12.9. The minimum Gasteiger partial charge on any atom is -0.494 e. The predicted molar refractivity (Wildman–Crippen MR) is 85.7 cm³/mol. The monoisotopic (exact) mass is 276 g/mol. The Morgan fingerprint density at radius 1 is 1.30 bits per heavy atom. The van der Waals surface area contributed by atoms with Crippen molar-refractivity contribution in [3.8, 4) is 5.75 Å². The molecule has 1 aromatic rings. The van der Waals surface area contributed by atoms with Crippen LogP contribution in [0.15, 0.2) is 24.3 Å². The van der Waals surface area contributed by atoms with Gasteiger partial charge in [0.25, 0.3) is 0 Å². The smallest absolute Gasteiger partial charge is 0.121 e. The Labute approximate surface area is 123 Å². The lowest BCUT2D eigenvalue weighted by Gasteiger charge is -2.23. The van der Waals surface area contributed by atoms with Crippen molar-refractivity contribution in [2.75, 3.05) is 37.7 Å². The Bertz CT molecular complexity index is 384. The third-order valence-corrected chi connectivity index (χ3v) is 4.14. The molecule has 1 heterocycles. The molecule has 1 N–H and O–H groups in total. The molecular weight excluding hydrogens is 248 g/mol. The zero-order valence-electron chi connectivity index (χ0n) is 12.9. The van der Waals surface area contributed by atoms with E-state index < -0.39 is 0 Å². The van der Waals surface area contributed by atoms with Crippen molar-refractivity contribution in [1.82, 2.24) is 5.32 Å². The standard InChI is InChI=1S/C17H28N2O/c1-3-19(4-2)16-8-5-9-17(13-16)20-12-10-15-7-6-11-18-14-15/h5,8-9,13,15,18H,3-4,6-7,10-12,14H2,1-2H3/t15-/m1/s1. The second-order valence-electron chi connectivity index (χ2n) is 5.52. The molecule has 1 atom stereocenters. The van der Waals surface area contributed by atoms with E-state index in [-0.39, 0.29) is 0 Å². The highest BCUT2D eigenvalue weighted by Crippen LogP contribution is 2.22. The van der Waals surface area contributed by atoms with Gasteiger partial charge in [-0.15, -0.1) is 0 Å². The highest BCUT2D eigenvalue weighted by atomic mass is 16.5. The fraction of sp³-hybridized carbons (Fsp3) is 0.647. The number of nitrogens with zero attached hydrogens (tertiary/aromatic N) is 1. The number of benzene rings is 1. The molecular formula is C17H28N2O. The Kier molecular flexibility index (Phi) is 6.19. The van der Waals surface area contributed by atoms with Gasteiger partial charge in [0.2, 0.25) is 0 Å². The van der Waals surface area contributed by atoms with E-state index in [2.05, 4.69) is 48.3 Å². The van der Waals surface area contributed by atoms with Crippen molar-refractivity contribution in [2.24, 2.45) is 5.92 Å². The summed E-state index contributed by atoms with van der Waals surface area (Å²) < 4.78 is 5.93. The summed E-state index contributed by atoms with van der Waals surface area (Å²) in [7, 11) is 0. The van der Waals surface area contributed by atoms with Gasteiger partial charge < -0.3 is 15.0 Å². The zero-order chi connectivity index (χ0) is 14.2. The van der Waals surface area contributed by atoms with Gasteiger partial charge in [-0.2, -0.15) is 0 Å². The van der Waals surface area contributed by atoms with Crippen LogP contribution in [0.1, 0.15) is 33.1 Å². The Morgan fingerprint density at radius 2 is 2.15 bits per heavy atom. The number of hydrogen-bond acceptors (Lipinski definition) is 3. The maximum absolute atomic E-state index is 5.93. The summed E-state index contributed by atoms with van der Waals surface area (Å²) in [6, 6.07) is 8.47. The van der Waals surface area contributed by atoms with E-state index in [0.717, 1.165) is 44.3 Å². The molecule has 1 aromatic carbocycles. The molecule has 2 rings (SSSR count). The van der Waals surface area contributed by atoms with Gasteiger partial charge >= 0.3 is 0 Å². The van der Waals surface area contributed by atoms with E-state index in [0.29, 0.717) is 0 Å². The maximum Gasteiger partial charge on any atom is 0.121 e. The largest absolute Gasteiger partial charge is 0.494 e. The van der Waals surface area contributed by atoms with Crippen LogP contribution in [0.4, 0.5) is 5.69 Å². The van der Waals surface area contributed by atoms with Gasteiger partial charge in [0, 0.05) is 24.8 Å². The summed E-state index contributed by atoms with van der Waals surface area (Å²) in [5.74, 6) is 1.79. The van der Waals surface area contributed by atoms with E-state index in [1.807, 2.05) is 0 Å². The molecule has 112 valence electrons. The van der Waals surface area contributed by atoms with Gasteiger partial charge in [-0.25, -0.2) is 0 Å². The van der Waals surface area contributed by atoms with Gasteiger partial charge in [0.15, 0.2) is 0 Å². The number of hydrogen-bond donors (Lipinski definition) is 1. The third kappa shape index (κ3) is 4.41. The lowest BCUT2D eigenvalue weighted by atomic mass is 9.97. The molecule has 0 bridgehead atoms. The first-order valence-electron chi connectivity index (χ1n) is 8.02. The fourth-order valence-electron chi connectivity index (χ4n) is 2.87. The quantitative estimate of drug-likeness (QED) is 0.827. The molecule has 0 radical (unpaired) electrons. The van der Waals surface area contributed by atoms with Gasteiger partial charge in [-0.3, -0.25) is 0 Å². The van der Waals surface area contributed by atoms with Crippen molar-refractivity contribution in [3.05, 3.63) is 24.3 Å². The molecule has 3 heteroatoms. The van der Waals surface area contributed by atoms with Crippen molar-refractivity contribution in [2.45, 2.75) is 33.1 Å². The third-order valence-electron chi connectivity index (χ3n) is 4.14. The van der Waals surface area contributed by atoms with Gasteiger partial charge in [-0.05, 0) is 64.3 Å². The molecule has 1 aliphatic heterocycles. The van der Waals surface area contributed by atoms with Crippen LogP contribution in [-0.4, -0.2) is 32.8 Å². The van der Waals surface area contributed by atoms with Crippen molar-refractivity contribution >= 4 is 5.69 Å². The number of anilines is 1. The molecule has 0 aromatic heterocycles. The molecule has 20 heavy (non-hydrogen) atoms. The fourth-order valence-corrected chi connectivity index (χ4v) is 2.87. The Hall–Kier alpha value is -1.22. The van der Waals surface area contributed by atoms with Crippen LogP contribution in [0.2, 0.25) is 0 Å². The molecule has 0 spiro atoms. The number of piperidine rings is 1. The van der Waals surface area contributed by atoms with Crippen LogP contribution in [0.25, 0.3) is 0 Å². The minimum absolute atomic E-state index is 0.787. The van der Waals surface area contributed by atoms with Crippen LogP contribution >= 0.6 is 0 Å². The SMILES string of the molecule is CCN(CC)c1cccc(OCC[C@H]2CCCNC2)c1. The molecule has 3 nitrogen and oxygen atoms in total. The second kappa shape index (κ2) is 8.15. The van der Waals surface area contributed by atoms with Crippen LogP contribution < -0.4 is 15.0 Å². The molecule has 0 saturated carbocycles. The maximum atomic E-state index is 5.93. The van der Waals surface area contributed by atoms with E-state index in [1.54, 1.807) is 0 Å². The average Bonchev–Trinajstić information content (AvgIpc) is 2.50. The molecule has 0 unspecified atom stereocenters. The first-order chi connectivity index (χ1) is 9.83.